The molecule has 22 heavy (non-hydrogen) atoms. The first-order valence-electron chi connectivity index (χ1n) is 6.51. The molecule has 0 aliphatic carbocycles. The summed E-state index contributed by atoms with van der Waals surface area (Å²) in [6.07, 6.45) is -3.59. The van der Waals surface area contributed by atoms with E-state index in [2.05, 4.69) is 4.98 Å². The molecular formula is C12H17F3N2O4S. The number of esters is 1. The molecule has 1 aromatic heterocycles. The Morgan fingerprint density at radius 1 is 1.41 bits per heavy atom. The van der Waals surface area contributed by atoms with Crippen molar-refractivity contribution in [2.45, 2.75) is 44.3 Å². The zero-order valence-electron chi connectivity index (χ0n) is 12.2. The molecule has 0 saturated heterocycles. The molecule has 2 N–H and O–H groups in total. The third kappa shape index (κ3) is 4.01. The minimum atomic E-state index is -4.71. The predicted octanol–water partition coefficient (Wildman–Crippen LogP) is 1.98. The molecule has 1 heterocycles. The van der Waals surface area contributed by atoms with Crippen molar-refractivity contribution in [2.24, 2.45) is 0 Å². The SMILES string of the molecule is CCOC(=O)c1[nH]cc(S(=O)(=O)N[C@H](C)C(F)(F)F)c1CC. The van der Waals surface area contributed by atoms with Gasteiger partial charge in [0, 0.05) is 11.8 Å². The van der Waals surface area contributed by atoms with Crippen molar-refractivity contribution in [1.82, 2.24) is 9.71 Å². The number of ether oxygens (including phenoxy) is 1. The van der Waals surface area contributed by atoms with Gasteiger partial charge in [-0.3, -0.25) is 0 Å². The lowest BCUT2D eigenvalue weighted by Crippen LogP contribution is -2.43. The van der Waals surface area contributed by atoms with E-state index in [1.165, 1.54) is 0 Å². The standard InChI is InChI=1S/C12H17F3N2O4S/c1-4-8-9(6-16-10(8)11(18)21-5-2)22(19,20)17-7(3)12(13,14)15/h6-7,16-17H,4-5H2,1-3H3/t7-/m1/s1. The number of carbonyl (C=O) groups excluding carboxylic acids is 1. The number of aromatic nitrogens is 1. The number of hydrogen-bond acceptors (Lipinski definition) is 4. The third-order valence-electron chi connectivity index (χ3n) is 2.89. The summed E-state index contributed by atoms with van der Waals surface area (Å²) in [7, 11) is -4.42. The van der Waals surface area contributed by atoms with E-state index in [4.69, 9.17) is 4.74 Å². The zero-order chi connectivity index (χ0) is 17.1. The summed E-state index contributed by atoms with van der Waals surface area (Å²) in [5.74, 6) is -0.760. The number of sulfonamides is 1. The second kappa shape index (κ2) is 6.69. The topological polar surface area (TPSA) is 88.3 Å². The Morgan fingerprint density at radius 2 is 2.00 bits per heavy atom. The lowest BCUT2D eigenvalue weighted by molar-refractivity contribution is -0.147. The summed E-state index contributed by atoms with van der Waals surface area (Å²) in [6, 6.07) is -2.25. The van der Waals surface area contributed by atoms with Crippen molar-refractivity contribution in [3.05, 3.63) is 17.5 Å². The molecule has 0 aliphatic rings. The summed E-state index contributed by atoms with van der Waals surface area (Å²) in [5, 5.41) is 0. The summed E-state index contributed by atoms with van der Waals surface area (Å²) in [6.45, 7) is 3.95. The lowest BCUT2D eigenvalue weighted by atomic mass is 10.2. The number of aromatic amines is 1. The minimum absolute atomic E-state index is 0.0793. The molecule has 0 unspecified atom stereocenters. The highest BCUT2D eigenvalue weighted by molar-refractivity contribution is 7.89. The molecular weight excluding hydrogens is 325 g/mol. The summed E-state index contributed by atoms with van der Waals surface area (Å²) >= 11 is 0. The zero-order valence-corrected chi connectivity index (χ0v) is 13.1. The van der Waals surface area contributed by atoms with Gasteiger partial charge >= 0.3 is 12.1 Å². The largest absolute Gasteiger partial charge is 0.461 e. The molecule has 1 atom stereocenters. The maximum atomic E-state index is 12.5. The van der Waals surface area contributed by atoms with E-state index >= 15 is 0 Å². The van der Waals surface area contributed by atoms with E-state index < -0.39 is 33.1 Å². The molecule has 126 valence electrons. The molecule has 1 rings (SSSR count). The van der Waals surface area contributed by atoms with E-state index in [0.29, 0.717) is 6.92 Å². The van der Waals surface area contributed by atoms with Crippen LogP contribution in [0.1, 0.15) is 36.8 Å². The van der Waals surface area contributed by atoms with Gasteiger partial charge in [0.05, 0.1) is 6.61 Å². The molecule has 6 nitrogen and oxygen atoms in total. The Balaban J connectivity index is 3.18. The van der Waals surface area contributed by atoms with Gasteiger partial charge in [-0.25, -0.2) is 13.2 Å². The van der Waals surface area contributed by atoms with Gasteiger partial charge < -0.3 is 9.72 Å². The number of alkyl halides is 3. The number of hydrogen-bond donors (Lipinski definition) is 2. The third-order valence-corrected chi connectivity index (χ3v) is 4.50. The van der Waals surface area contributed by atoms with Gasteiger partial charge in [0.1, 0.15) is 16.6 Å². The predicted molar refractivity (Wildman–Crippen MR) is 72.0 cm³/mol. The van der Waals surface area contributed by atoms with Crippen LogP contribution in [0.4, 0.5) is 13.2 Å². The van der Waals surface area contributed by atoms with Crippen LogP contribution in [0.25, 0.3) is 0 Å². The maximum absolute atomic E-state index is 12.5. The first kappa shape index (κ1) is 18.5. The fraction of sp³-hybridized carbons (Fsp3) is 0.583. The van der Waals surface area contributed by atoms with E-state index in [1.54, 1.807) is 18.6 Å². The quantitative estimate of drug-likeness (QED) is 0.774. The van der Waals surface area contributed by atoms with Crippen molar-refractivity contribution in [3.8, 4) is 0 Å². The lowest BCUT2D eigenvalue weighted by Gasteiger charge is -2.17. The van der Waals surface area contributed by atoms with Crippen LogP contribution in [-0.2, 0) is 21.2 Å². The van der Waals surface area contributed by atoms with Gasteiger partial charge in [-0.1, -0.05) is 6.92 Å². The van der Waals surface area contributed by atoms with Crippen molar-refractivity contribution in [1.29, 1.82) is 0 Å². The van der Waals surface area contributed by atoms with Gasteiger partial charge in [-0.05, 0) is 20.3 Å². The fourth-order valence-corrected chi connectivity index (χ4v) is 3.29. The normalized spacial score (nSPS) is 13.9. The highest BCUT2D eigenvalue weighted by Crippen LogP contribution is 2.25. The van der Waals surface area contributed by atoms with Crippen LogP contribution in [0.5, 0.6) is 0 Å². The number of H-pyrrole nitrogens is 1. The average Bonchev–Trinajstić information content (AvgIpc) is 2.81. The van der Waals surface area contributed by atoms with Crippen molar-refractivity contribution in [2.75, 3.05) is 6.61 Å². The second-order valence-electron chi connectivity index (χ2n) is 4.47. The first-order chi connectivity index (χ1) is 10.0. The monoisotopic (exact) mass is 342 g/mol. The molecule has 0 saturated carbocycles. The number of rotatable bonds is 6. The van der Waals surface area contributed by atoms with Crippen LogP contribution in [0.2, 0.25) is 0 Å². The van der Waals surface area contributed by atoms with Crippen LogP contribution in [0.15, 0.2) is 11.1 Å². The highest BCUT2D eigenvalue weighted by Gasteiger charge is 2.39. The highest BCUT2D eigenvalue weighted by atomic mass is 32.2. The Hall–Kier alpha value is -1.55. The molecule has 10 heteroatoms. The number of nitrogens with one attached hydrogen (secondary N) is 2. The molecule has 0 bridgehead atoms. The summed E-state index contributed by atoms with van der Waals surface area (Å²) in [4.78, 5) is 13.8. The molecule has 0 amide bonds. The van der Waals surface area contributed by atoms with Gasteiger partial charge in [0.25, 0.3) is 0 Å². The molecule has 0 aliphatic heterocycles. The smallest absolute Gasteiger partial charge is 0.404 e. The van der Waals surface area contributed by atoms with Gasteiger partial charge in [-0.15, -0.1) is 0 Å². The second-order valence-corrected chi connectivity index (χ2v) is 6.15. The summed E-state index contributed by atoms with van der Waals surface area (Å²) in [5.41, 5.74) is 0.00436. The van der Waals surface area contributed by atoms with Crippen LogP contribution >= 0.6 is 0 Å². The number of carbonyl (C=O) groups is 1. The van der Waals surface area contributed by atoms with E-state index in [9.17, 15) is 26.4 Å². The molecule has 1 aromatic rings. The van der Waals surface area contributed by atoms with Crippen molar-refractivity contribution >= 4 is 16.0 Å². The van der Waals surface area contributed by atoms with Crippen LogP contribution in [0, 0.1) is 0 Å². The molecule has 0 aromatic carbocycles. The van der Waals surface area contributed by atoms with Gasteiger partial charge in [0.15, 0.2) is 0 Å². The van der Waals surface area contributed by atoms with E-state index in [1.807, 2.05) is 0 Å². The van der Waals surface area contributed by atoms with E-state index in [-0.39, 0.29) is 24.3 Å². The van der Waals surface area contributed by atoms with Crippen LogP contribution < -0.4 is 4.72 Å². The van der Waals surface area contributed by atoms with Crippen molar-refractivity contribution < 1.29 is 31.1 Å². The Kier molecular flexibility index (Phi) is 5.63. The molecule has 0 fully saturated rings. The number of halogens is 3. The first-order valence-corrected chi connectivity index (χ1v) is 7.99. The molecule has 0 spiro atoms. The minimum Gasteiger partial charge on any atom is -0.461 e. The van der Waals surface area contributed by atoms with Crippen LogP contribution in [0.3, 0.4) is 0 Å². The fourth-order valence-electron chi connectivity index (χ4n) is 1.77. The molecule has 0 radical (unpaired) electrons. The summed E-state index contributed by atoms with van der Waals surface area (Å²) < 4.78 is 68.0. The Morgan fingerprint density at radius 3 is 2.45 bits per heavy atom. The van der Waals surface area contributed by atoms with Crippen molar-refractivity contribution in [3.63, 3.8) is 0 Å². The van der Waals surface area contributed by atoms with Gasteiger partial charge in [0.2, 0.25) is 10.0 Å². The Labute approximate surface area is 126 Å². The van der Waals surface area contributed by atoms with Gasteiger partial charge in [-0.2, -0.15) is 17.9 Å². The average molecular weight is 342 g/mol. The van der Waals surface area contributed by atoms with E-state index in [0.717, 1.165) is 6.20 Å². The maximum Gasteiger partial charge on any atom is 0.404 e. The van der Waals surface area contributed by atoms with Crippen LogP contribution in [-0.4, -0.2) is 38.2 Å². The Bertz CT molecular complexity index is 637.